The van der Waals surface area contributed by atoms with E-state index in [0.717, 1.165) is 24.8 Å². The number of carbonyl (C=O) groups is 2. The van der Waals surface area contributed by atoms with Crippen molar-refractivity contribution in [2.75, 3.05) is 13.7 Å². The van der Waals surface area contributed by atoms with E-state index in [9.17, 15) is 9.59 Å². The molecule has 1 amide bonds. The Morgan fingerprint density at radius 1 is 1.38 bits per heavy atom. The number of rotatable bonds is 7. The Bertz CT molecular complexity index is 517. The third-order valence-corrected chi connectivity index (χ3v) is 4.09. The zero-order valence-electron chi connectivity index (χ0n) is 12.2. The van der Waals surface area contributed by atoms with E-state index in [-0.39, 0.29) is 17.1 Å². The van der Waals surface area contributed by atoms with Gasteiger partial charge in [0.25, 0.3) is 0 Å². The zero-order chi connectivity index (χ0) is 15.3. The molecule has 0 saturated heterocycles. The molecule has 2 rings (SSSR count). The molecule has 5 heteroatoms. The van der Waals surface area contributed by atoms with Crippen molar-refractivity contribution in [3.63, 3.8) is 0 Å². The Balaban J connectivity index is 1.77. The van der Waals surface area contributed by atoms with E-state index >= 15 is 0 Å². The first-order valence-electron chi connectivity index (χ1n) is 7.19. The minimum atomic E-state index is -0.937. The quantitative estimate of drug-likeness (QED) is 0.805. The summed E-state index contributed by atoms with van der Waals surface area (Å²) in [5, 5.41) is 11.8. The Morgan fingerprint density at radius 3 is 2.71 bits per heavy atom. The molecule has 0 atom stereocenters. The average molecular weight is 291 g/mol. The van der Waals surface area contributed by atoms with Crippen LogP contribution in [0.4, 0.5) is 0 Å². The first-order chi connectivity index (χ1) is 10.0. The molecule has 1 aliphatic carbocycles. The molecule has 21 heavy (non-hydrogen) atoms. The molecular weight excluding hydrogens is 270 g/mol. The highest BCUT2D eigenvalue weighted by Gasteiger charge is 2.38. The Morgan fingerprint density at radius 2 is 2.14 bits per heavy atom. The van der Waals surface area contributed by atoms with Gasteiger partial charge in [-0.15, -0.1) is 0 Å². The Kier molecular flexibility index (Phi) is 4.96. The topological polar surface area (TPSA) is 75.6 Å². The van der Waals surface area contributed by atoms with E-state index in [2.05, 4.69) is 5.32 Å². The number of ether oxygens (including phenoxy) is 1. The molecule has 1 aromatic rings. The third kappa shape index (κ3) is 4.04. The van der Waals surface area contributed by atoms with Gasteiger partial charge in [-0.05, 0) is 43.4 Å². The first kappa shape index (κ1) is 15.5. The number of carboxylic acids is 1. The number of amides is 1. The van der Waals surface area contributed by atoms with Crippen molar-refractivity contribution >= 4 is 11.9 Å². The van der Waals surface area contributed by atoms with Crippen LogP contribution in [0.15, 0.2) is 24.3 Å². The smallest absolute Gasteiger partial charge is 0.335 e. The van der Waals surface area contributed by atoms with Gasteiger partial charge < -0.3 is 15.2 Å². The summed E-state index contributed by atoms with van der Waals surface area (Å²) in [4.78, 5) is 22.8. The number of hydrogen-bond acceptors (Lipinski definition) is 3. The number of aromatic carboxylic acids is 1. The second-order valence-electron chi connectivity index (χ2n) is 5.52. The highest BCUT2D eigenvalue weighted by molar-refractivity contribution is 5.87. The van der Waals surface area contributed by atoms with E-state index in [1.54, 1.807) is 25.3 Å². The van der Waals surface area contributed by atoms with Gasteiger partial charge in [-0.25, -0.2) is 4.79 Å². The standard InChI is InChI=1S/C16H21NO4/c1-21-16(7-3-8-16)11-14(18)17-9-6-12-4-2-5-13(10-12)15(19)20/h2,4-5,10H,3,6-9,11H2,1H3,(H,17,18)(H,19,20). The lowest BCUT2D eigenvalue weighted by atomic mass is 9.77. The largest absolute Gasteiger partial charge is 0.478 e. The molecule has 0 spiro atoms. The molecule has 0 radical (unpaired) electrons. The van der Waals surface area contributed by atoms with Crippen molar-refractivity contribution in [1.82, 2.24) is 5.32 Å². The summed E-state index contributed by atoms with van der Waals surface area (Å²) in [6, 6.07) is 6.77. The second kappa shape index (κ2) is 6.72. The van der Waals surface area contributed by atoms with Crippen LogP contribution in [0.25, 0.3) is 0 Å². The fraction of sp³-hybridized carbons (Fsp3) is 0.500. The van der Waals surface area contributed by atoms with E-state index in [0.29, 0.717) is 19.4 Å². The molecule has 5 nitrogen and oxygen atoms in total. The van der Waals surface area contributed by atoms with Crippen LogP contribution in [0.1, 0.15) is 41.6 Å². The van der Waals surface area contributed by atoms with E-state index in [1.807, 2.05) is 6.07 Å². The van der Waals surface area contributed by atoms with Crippen LogP contribution >= 0.6 is 0 Å². The normalized spacial score (nSPS) is 16.0. The predicted molar refractivity (Wildman–Crippen MR) is 78.3 cm³/mol. The van der Waals surface area contributed by atoms with E-state index in [1.165, 1.54) is 0 Å². The molecule has 0 aromatic heterocycles. The lowest BCUT2D eigenvalue weighted by Crippen LogP contribution is -2.44. The number of carboxylic acid groups (broad SMARTS) is 1. The second-order valence-corrected chi connectivity index (χ2v) is 5.52. The van der Waals surface area contributed by atoms with E-state index < -0.39 is 5.97 Å². The van der Waals surface area contributed by atoms with Crippen LogP contribution in [0.3, 0.4) is 0 Å². The third-order valence-electron chi connectivity index (χ3n) is 4.09. The lowest BCUT2D eigenvalue weighted by molar-refractivity contribution is -0.134. The molecule has 2 N–H and O–H groups in total. The number of hydrogen-bond donors (Lipinski definition) is 2. The summed E-state index contributed by atoms with van der Waals surface area (Å²) >= 11 is 0. The summed E-state index contributed by atoms with van der Waals surface area (Å²) in [5.74, 6) is -0.946. The van der Waals surface area contributed by atoms with Gasteiger partial charge in [-0.1, -0.05) is 12.1 Å². The lowest BCUT2D eigenvalue weighted by Gasteiger charge is -2.39. The van der Waals surface area contributed by atoms with Crippen LogP contribution in [0, 0.1) is 0 Å². The van der Waals surface area contributed by atoms with Gasteiger partial charge in [-0.3, -0.25) is 4.79 Å². The Hall–Kier alpha value is -1.88. The van der Waals surface area contributed by atoms with Gasteiger partial charge in [0.2, 0.25) is 5.91 Å². The molecule has 0 unspecified atom stereocenters. The minimum Gasteiger partial charge on any atom is -0.478 e. The van der Waals surface area contributed by atoms with Gasteiger partial charge in [0.05, 0.1) is 17.6 Å². The molecule has 1 aliphatic rings. The highest BCUT2D eigenvalue weighted by Crippen LogP contribution is 2.37. The van der Waals surface area contributed by atoms with Crippen molar-refractivity contribution in [3.05, 3.63) is 35.4 Å². The van der Waals surface area contributed by atoms with Crippen LogP contribution < -0.4 is 5.32 Å². The monoisotopic (exact) mass is 291 g/mol. The predicted octanol–water partition coefficient (Wildman–Crippen LogP) is 2.00. The van der Waals surface area contributed by atoms with Crippen LogP contribution in [-0.4, -0.2) is 36.2 Å². The van der Waals surface area contributed by atoms with Crippen LogP contribution in [-0.2, 0) is 16.0 Å². The molecule has 1 saturated carbocycles. The maximum Gasteiger partial charge on any atom is 0.335 e. The number of benzene rings is 1. The van der Waals surface area contributed by atoms with Gasteiger partial charge in [-0.2, -0.15) is 0 Å². The summed E-state index contributed by atoms with van der Waals surface area (Å²) in [5.41, 5.74) is 0.916. The van der Waals surface area contributed by atoms with Gasteiger partial charge >= 0.3 is 5.97 Å². The number of carbonyl (C=O) groups excluding carboxylic acids is 1. The van der Waals surface area contributed by atoms with E-state index in [4.69, 9.17) is 9.84 Å². The molecule has 1 fully saturated rings. The van der Waals surface area contributed by atoms with Crippen LogP contribution in [0.5, 0.6) is 0 Å². The zero-order valence-corrected chi connectivity index (χ0v) is 12.2. The summed E-state index contributed by atoms with van der Waals surface area (Å²) in [6.07, 6.45) is 4.02. The first-order valence-corrected chi connectivity index (χ1v) is 7.19. The van der Waals surface area contributed by atoms with Crippen molar-refractivity contribution in [2.45, 2.75) is 37.7 Å². The maximum atomic E-state index is 11.9. The maximum absolute atomic E-state index is 11.9. The van der Waals surface area contributed by atoms with Crippen molar-refractivity contribution < 1.29 is 19.4 Å². The minimum absolute atomic E-state index is 0.00839. The highest BCUT2D eigenvalue weighted by atomic mass is 16.5. The number of methoxy groups -OCH3 is 1. The molecule has 0 bridgehead atoms. The van der Waals surface area contributed by atoms with Gasteiger partial charge in [0, 0.05) is 13.7 Å². The van der Waals surface area contributed by atoms with Gasteiger partial charge in [0.1, 0.15) is 0 Å². The van der Waals surface area contributed by atoms with Gasteiger partial charge in [0.15, 0.2) is 0 Å². The number of nitrogens with one attached hydrogen (secondary N) is 1. The van der Waals surface area contributed by atoms with Crippen LogP contribution in [0.2, 0.25) is 0 Å². The molecule has 1 aromatic carbocycles. The van der Waals surface area contributed by atoms with Crippen molar-refractivity contribution in [2.24, 2.45) is 0 Å². The summed E-state index contributed by atoms with van der Waals surface area (Å²) in [6.45, 7) is 0.502. The fourth-order valence-corrected chi connectivity index (χ4v) is 2.59. The fourth-order valence-electron chi connectivity index (χ4n) is 2.59. The van der Waals surface area contributed by atoms with Crippen molar-refractivity contribution in [1.29, 1.82) is 0 Å². The molecular formula is C16H21NO4. The Labute approximate surface area is 124 Å². The summed E-state index contributed by atoms with van der Waals surface area (Å²) in [7, 11) is 1.66. The molecule has 0 heterocycles. The van der Waals surface area contributed by atoms with Crippen molar-refractivity contribution in [3.8, 4) is 0 Å². The molecule has 0 aliphatic heterocycles. The average Bonchev–Trinajstić information content (AvgIpc) is 2.43. The SMILES string of the molecule is COC1(CC(=O)NCCc2cccc(C(=O)O)c2)CCC1. The molecule has 114 valence electrons. The summed E-state index contributed by atoms with van der Waals surface area (Å²) < 4.78 is 5.43.